The van der Waals surface area contributed by atoms with Crippen molar-refractivity contribution in [3.8, 4) is 0 Å². The predicted octanol–water partition coefficient (Wildman–Crippen LogP) is 1.21. The van der Waals surface area contributed by atoms with Gasteiger partial charge in [0.05, 0.1) is 31.5 Å². The Balaban J connectivity index is 0.00000400. The van der Waals surface area contributed by atoms with Gasteiger partial charge in [-0.1, -0.05) is 0 Å². The minimum absolute atomic E-state index is 0. The van der Waals surface area contributed by atoms with Crippen LogP contribution in [0.3, 0.4) is 0 Å². The summed E-state index contributed by atoms with van der Waals surface area (Å²) >= 11 is 0. The molecule has 1 aromatic rings. The molecule has 118 valence electrons. The predicted molar refractivity (Wildman–Crippen MR) is 78.4 cm³/mol. The van der Waals surface area contributed by atoms with Gasteiger partial charge in [-0.05, 0) is 18.2 Å². The van der Waals surface area contributed by atoms with E-state index < -0.39 is 17.7 Å². The smallest absolute Gasteiger partial charge is 0.337 e. The fourth-order valence-electron chi connectivity index (χ4n) is 1.44. The van der Waals surface area contributed by atoms with Gasteiger partial charge in [-0.25, -0.2) is 9.18 Å². The summed E-state index contributed by atoms with van der Waals surface area (Å²) in [7, 11) is 2.78. The Hall–Kier alpha value is -1.70. The van der Waals surface area contributed by atoms with E-state index in [2.05, 4.69) is 15.4 Å². The molecule has 21 heavy (non-hydrogen) atoms. The number of carbonyl (C=O) groups is 2. The van der Waals surface area contributed by atoms with Crippen molar-refractivity contribution in [1.29, 1.82) is 0 Å². The van der Waals surface area contributed by atoms with Gasteiger partial charge >= 0.3 is 5.97 Å². The maximum atomic E-state index is 13.5. The lowest BCUT2D eigenvalue weighted by atomic mass is 10.2. The van der Waals surface area contributed by atoms with Crippen LogP contribution < -0.4 is 10.6 Å². The van der Waals surface area contributed by atoms with E-state index in [0.717, 1.165) is 6.07 Å². The lowest BCUT2D eigenvalue weighted by Gasteiger charge is -2.08. The van der Waals surface area contributed by atoms with Gasteiger partial charge in [-0.2, -0.15) is 0 Å². The molecular weight excluding hydrogens is 303 g/mol. The molecule has 8 heteroatoms. The Kier molecular flexibility index (Phi) is 9.27. The number of hydrogen-bond acceptors (Lipinski definition) is 5. The number of amides is 1. The highest BCUT2D eigenvalue weighted by Crippen LogP contribution is 2.16. The van der Waals surface area contributed by atoms with Crippen LogP contribution >= 0.6 is 12.4 Å². The molecule has 1 rings (SSSR count). The zero-order valence-electron chi connectivity index (χ0n) is 11.8. The van der Waals surface area contributed by atoms with Crippen molar-refractivity contribution < 1.29 is 23.5 Å². The van der Waals surface area contributed by atoms with Crippen LogP contribution in [0, 0.1) is 5.82 Å². The number of rotatable bonds is 7. The zero-order chi connectivity index (χ0) is 15.0. The highest BCUT2D eigenvalue weighted by molar-refractivity contribution is 5.95. The molecule has 0 atom stereocenters. The molecule has 0 aliphatic rings. The summed E-state index contributed by atoms with van der Waals surface area (Å²) in [5.41, 5.74) is 0.1000. The molecule has 2 N–H and O–H groups in total. The number of nitrogens with one attached hydrogen (secondary N) is 2. The number of hydrogen-bond donors (Lipinski definition) is 2. The molecule has 0 aromatic heterocycles. The van der Waals surface area contributed by atoms with E-state index in [-0.39, 0.29) is 30.2 Å². The quantitative estimate of drug-likeness (QED) is 0.583. The molecule has 0 spiro atoms. The standard InChI is InChI=1S/C13H17FN2O4.ClH/c1-19-6-5-15-8-12(17)16-11-7-9(13(18)20-2)3-4-10(11)14;/h3-4,7,15H,5-6,8H2,1-2H3,(H,16,17);1H. The minimum atomic E-state index is -0.622. The first-order valence-corrected chi connectivity index (χ1v) is 5.96. The van der Waals surface area contributed by atoms with Crippen LogP contribution in [-0.2, 0) is 14.3 Å². The molecule has 0 aliphatic heterocycles. The van der Waals surface area contributed by atoms with Crippen LogP contribution in [-0.4, -0.2) is 45.8 Å². The first-order valence-electron chi connectivity index (χ1n) is 5.96. The first-order chi connectivity index (χ1) is 9.58. The maximum Gasteiger partial charge on any atom is 0.337 e. The minimum Gasteiger partial charge on any atom is -0.465 e. The van der Waals surface area contributed by atoms with Crippen molar-refractivity contribution in [3.05, 3.63) is 29.6 Å². The third-order valence-corrected chi connectivity index (χ3v) is 2.43. The number of halogens is 2. The Morgan fingerprint density at radius 2 is 2.00 bits per heavy atom. The number of benzene rings is 1. The van der Waals surface area contributed by atoms with Crippen molar-refractivity contribution >= 4 is 30.0 Å². The van der Waals surface area contributed by atoms with Crippen LogP contribution in [0.25, 0.3) is 0 Å². The Labute approximate surface area is 128 Å². The second-order valence-electron chi connectivity index (χ2n) is 3.90. The number of methoxy groups -OCH3 is 2. The van der Waals surface area contributed by atoms with Crippen LogP contribution in [0.4, 0.5) is 10.1 Å². The lowest BCUT2D eigenvalue weighted by molar-refractivity contribution is -0.115. The van der Waals surface area contributed by atoms with Gasteiger partial charge in [0.25, 0.3) is 0 Å². The second kappa shape index (κ2) is 10.1. The van der Waals surface area contributed by atoms with Gasteiger partial charge < -0.3 is 20.1 Å². The molecule has 1 aromatic carbocycles. The summed E-state index contributed by atoms with van der Waals surface area (Å²) in [6.45, 7) is 0.999. The van der Waals surface area contributed by atoms with Crippen LogP contribution in [0.2, 0.25) is 0 Å². The molecule has 0 saturated carbocycles. The topological polar surface area (TPSA) is 76.7 Å². The van der Waals surface area contributed by atoms with E-state index in [9.17, 15) is 14.0 Å². The van der Waals surface area contributed by atoms with E-state index >= 15 is 0 Å². The fraction of sp³-hybridized carbons (Fsp3) is 0.385. The molecule has 0 saturated heterocycles. The van der Waals surface area contributed by atoms with Gasteiger partial charge in [0, 0.05) is 13.7 Å². The second-order valence-corrected chi connectivity index (χ2v) is 3.90. The van der Waals surface area contributed by atoms with Crippen molar-refractivity contribution in [3.63, 3.8) is 0 Å². The SMILES string of the molecule is COCCNCC(=O)Nc1cc(C(=O)OC)ccc1F.Cl. The van der Waals surface area contributed by atoms with E-state index in [1.54, 1.807) is 7.11 Å². The summed E-state index contributed by atoms with van der Waals surface area (Å²) in [5, 5.41) is 5.20. The average molecular weight is 321 g/mol. The van der Waals surface area contributed by atoms with E-state index in [0.29, 0.717) is 13.2 Å². The Bertz CT molecular complexity index is 485. The highest BCUT2D eigenvalue weighted by atomic mass is 35.5. The van der Waals surface area contributed by atoms with Crippen molar-refractivity contribution in [2.45, 2.75) is 0 Å². The largest absolute Gasteiger partial charge is 0.465 e. The summed E-state index contributed by atoms with van der Waals surface area (Å²) in [5.74, 6) is -1.64. The monoisotopic (exact) mass is 320 g/mol. The highest BCUT2D eigenvalue weighted by Gasteiger charge is 2.11. The summed E-state index contributed by atoms with van der Waals surface area (Å²) in [6, 6.07) is 3.61. The molecular formula is C13H18ClFN2O4. The summed E-state index contributed by atoms with van der Waals surface area (Å²) in [6.07, 6.45) is 0. The van der Waals surface area contributed by atoms with E-state index in [1.807, 2.05) is 0 Å². The first kappa shape index (κ1) is 19.3. The van der Waals surface area contributed by atoms with Crippen molar-refractivity contribution in [2.24, 2.45) is 0 Å². The molecule has 6 nitrogen and oxygen atoms in total. The number of ether oxygens (including phenoxy) is 2. The fourth-order valence-corrected chi connectivity index (χ4v) is 1.44. The summed E-state index contributed by atoms with van der Waals surface area (Å²) < 4.78 is 22.9. The number of anilines is 1. The third-order valence-electron chi connectivity index (χ3n) is 2.43. The molecule has 0 aliphatic carbocycles. The van der Waals surface area contributed by atoms with Crippen LogP contribution in [0.15, 0.2) is 18.2 Å². The van der Waals surface area contributed by atoms with Crippen molar-refractivity contribution in [1.82, 2.24) is 5.32 Å². The normalized spacial score (nSPS) is 9.67. The third kappa shape index (κ3) is 6.52. The van der Waals surface area contributed by atoms with E-state index in [4.69, 9.17) is 4.74 Å². The van der Waals surface area contributed by atoms with Crippen molar-refractivity contribution in [2.75, 3.05) is 39.2 Å². The Morgan fingerprint density at radius 1 is 1.29 bits per heavy atom. The lowest BCUT2D eigenvalue weighted by Crippen LogP contribution is -2.30. The number of carbonyl (C=O) groups excluding carboxylic acids is 2. The molecule has 1 amide bonds. The van der Waals surface area contributed by atoms with Gasteiger partial charge in [-0.15, -0.1) is 12.4 Å². The van der Waals surface area contributed by atoms with E-state index in [1.165, 1.54) is 19.2 Å². The van der Waals surface area contributed by atoms with Gasteiger partial charge in [0.1, 0.15) is 5.82 Å². The average Bonchev–Trinajstić information content (AvgIpc) is 2.45. The van der Waals surface area contributed by atoms with Crippen LogP contribution in [0.1, 0.15) is 10.4 Å². The number of esters is 1. The maximum absolute atomic E-state index is 13.5. The zero-order valence-corrected chi connectivity index (χ0v) is 12.6. The Morgan fingerprint density at radius 3 is 2.62 bits per heavy atom. The van der Waals surface area contributed by atoms with Gasteiger partial charge in [-0.3, -0.25) is 4.79 Å². The van der Waals surface area contributed by atoms with Gasteiger partial charge in [0.2, 0.25) is 5.91 Å². The van der Waals surface area contributed by atoms with Gasteiger partial charge in [0.15, 0.2) is 0 Å². The molecule has 0 radical (unpaired) electrons. The summed E-state index contributed by atoms with van der Waals surface area (Å²) in [4.78, 5) is 22.9. The molecule has 0 heterocycles. The molecule has 0 bridgehead atoms. The molecule has 0 unspecified atom stereocenters. The van der Waals surface area contributed by atoms with Crippen LogP contribution in [0.5, 0.6) is 0 Å². The molecule has 0 fully saturated rings.